The van der Waals surface area contributed by atoms with Gasteiger partial charge in [0.1, 0.15) is 22.8 Å². The number of ether oxygens (including phenoxy) is 2. The lowest BCUT2D eigenvalue weighted by Crippen LogP contribution is -2.45. The Hall–Kier alpha value is -5.30. The summed E-state index contributed by atoms with van der Waals surface area (Å²) < 4.78 is 58.0. The molecule has 2 aliphatic heterocycles. The molecular formula is C54H80N8O8S2. The van der Waals surface area contributed by atoms with Crippen LogP contribution in [0.5, 0.6) is 0 Å². The van der Waals surface area contributed by atoms with Crippen LogP contribution in [-0.2, 0) is 42.4 Å². The van der Waals surface area contributed by atoms with Crippen molar-refractivity contribution in [2.45, 2.75) is 153 Å². The maximum absolute atomic E-state index is 13.0. The maximum atomic E-state index is 13.0. The summed E-state index contributed by atoms with van der Waals surface area (Å²) in [5.74, 6) is 2.30. The zero-order valence-corrected chi connectivity index (χ0v) is 45.7. The summed E-state index contributed by atoms with van der Waals surface area (Å²) in [6.07, 6.45) is 6.85. The molecule has 2 amide bonds. The van der Waals surface area contributed by atoms with Gasteiger partial charge in [-0.25, -0.2) is 46.7 Å². The second-order valence-electron chi connectivity index (χ2n) is 22.5. The van der Waals surface area contributed by atoms with Crippen LogP contribution in [0.15, 0.2) is 107 Å². The zero-order valence-electron chi connectivity index (χ0n) is 44.1. The van der Waals surface area contributed by atoms with E-state index in [9.17, 15) is 26.4 Å². The number of carbonyl (C=O) groups is 2. The molecule has 16 nitrogen and oxygen atoms in total. The van der Waals surface area contributed by atoms with E-state index >= 15 is 0 Å². The lowest BCUT2D eigenvalue weighted by atomic mass is 9.81. The van der Waals surface area contributed by atoms with Crippen molar-refractivity contribution >= 4 is 43.9 Å². The van der Waals surface area contributed by atoms with Gasteiger partial charge in [0, 0.05) is 37.3 Å². The van der Waals surface area contributed by atoms with E-state index < -0.39 is 31.2 Å². The van der Waals surface area contributed by atoms with Crippen molar-refractivity contribution in [2.24, 2.45) is 33.9 Å². The van der Waals surface area contributed by atoms with E-state index in [-0.39, 0.29) is 33.3 Å². The Morgan fingerprint density at radius 3 is 1.25 bits per heavy atom. The van der Waals surface area contributed by atoms with E-state index in [0.29, 0.717) is 61.5 Å². The third kappa shape index (κ3) is 18.0. The number of likely N-dealkylation sites (tertiary alicyclic amines) is 2. The van der Waals surface area contributed by atoms with E-state index in [2.05, 4.69) is 96.8 Å². The summed E-state index contributed by atoms with van der Waals surface area (Å²) in [6, 6.07) is 30.3. The Kier molecular flexibility index (Phi) is 19.3. The molecule has 6 rings (SSSR count). The summed E-state index contributed by atoms with van der Waals surface area (Å²) >= 11 is 0. The van der Waals surface area contributed by atoms with Gasteiger partial charge in [-0.15, -0.1) is 0 Å². The van der Waals surface area contributed by atoms with Crippen molar-refractivity contribution < 1.29 is 35.9 Å². The summed E-state index contributed by atoms with van der Waals surface area (Å²) in [7, 11) is -7.72. The summed E-state index contributed by atoms with van der Waals surface area (Å²) in [4.78, 5) is 37.9. The number of carbonyl (C=O) groups excluding carboxylic acids is 2. The van der Waals surface area contributed by atoms with Crippen molar-refractivity contribution in [3.8, 4) is 0 Å². The largest absolute Gasteiger partial charge is 0.444 e. The average Bonchev–Trinajstić information content (AvgIpc) is 3.79. The lowest BCUT2D eigenvalue weighted by molar-refractivity contribution is 0.0116. The average molecular weight is 1030 g/mol. The van der Waals surface area contributed by atoms with Crippen molar-refractivity contribution in [3.63, 3.8) is 0 Å². The Morgan fingerprint density at radius 2 is 0.931 bits per heavy atom. The van der Waals surface area contributed by atoms with Gasteiger partial charge in [-0.2, -0.15) is 0 Å². The second-order valence-corrected chi connectivity index (χ2v) is 25.6. The number of amides is 2. The highest BCUT2D eigenvalue weighted by atomic mass is 32.2. The minimum Gasteiger partial charge on any atom is -0.444 e. The van der Waals surface area contributed by atoms with Crippen LogP contribution in [-0.4, -0.2) is 97.2 Å². The first-order valence-electron chi connectivity index (χ1n) is 25.1. The van der Waals surface area contributed by atoms with Crippen LogP contribution in [0.2, 0.25) is 0 Å². The first kappa shape index (κ1) is 57.6. The molecule has 4 atom stereocenters. The highest BCUT2D eigenvalue weighted by molar-refractivity contribution is 7.89. The number of aryl methyl sites for hydroxylation is 2. The van der Waals surface area contributed by atoms with E-state index in [1.807, 2.05) is 63.5 Å². The van der Waals surface area contributed by atoms with Gasteiger partial charge in [0.25, 0.3) is 20.0 Å². The molecule has 0 radical (unpaired) electrons. The van der Waals surface area contributed by atoms with E-state index in [4.69, 9.17) is 19.8 Å². The van der Waals surface area contributed by atoms with Crippen LogP contribution in [0.4, 0.5) is 21.2 Å². The number of hydrogen-bond acceptors (Lipinski definition) is 12. The highest BCUT2D eigenvalue weighted by Gasteiger charge is 2.46. The molecule has 396 valence electrons. The van der Waals surface area contributed by atoms with Gasteiger partial charge >= 0.3 is 12.2 Å². The summed E-state index contributed by atoms with van der Waals surface area (Å²) in [6.45, 7) is 22.3. The Morgan fingerprint density at radius 1 is 0.583 bits per heavy atom. The van der Waals surface area contributed by atoms with Gasteiger partial charge in [-0.05, 0) is 180 Å². The highest BCUT2D eigenvalue weighted by Crippen LogP contribution is 2.42. The molecule has 2 aromatic carbocycles. The van der Waals surface area contributed by atoms with Crippen molar-refractivity contribution in [1.29, 1.82) is 0 Å². The summed E-state index contributed by atoms with van der Waals surface area (Å²) in [5.41, 5.74) is 0.910. The fraction of sp³-hybridized carbons (Fsp3) is 0.556. The number of nitrogens with two attached hydrogens (primary N) is 2. The molecule has 2 saturated heterocycles. The van der Waals surface area contributed by atoms with Gasteiger partial charge in [0.05, 0.1) is 0 Å². The van der Waals surface area contributed by atoms with Crippen LogP contribution in [0.3, 0.4) is 0 Å². The number of nitrogens with zero attached hydrogens (tertiary/aromatic N) is 4. The van der Waals surface area contributed by atoms with Crippen molar-refractivity contribution in [3.05, 3.63) is 108 Å². The smallest absolute Gasteiger partial charge is 0.410 e. The van der Waals surface area contributed by atoms with Crippen LogP contribution in [0, 0.1) is 23.7 Å². The van der Waals surface area contributed by atoms with E-state index in [1.54, 1.807) is 24.3 Å². The number of primary sulfonamides is 2. The molecule has 2 aliphatic rings. The number of sulfonamides is 2. The van der Waals surface area contributed by atoms with E-state index in [0.717, 1.165) is 51.4 Å². The third-order valence-electron chi connectivity index (χ3n) is 13.3. The molecule has 4 unspecified atom stereocenters. The van der Waals surface area contributed by atoms with Crippen LogP contribution in [0.25, 0.3) is 0 Å². The quantitative estimate of drug-likeness (QED) is 0.0730. The number of benzene rings is 2. The molecule has 4 heterocycles. The number of hydrogen-bond donors (Lipinski definition) is 4. The normalized spacial score (nSPS) is 18.6. The minimum atomic E-state index is -3.86. The van der Waals surface area contributed by atoms with Crippen LogP contribution < -0.4 is 20.9 Å². The Bertz CT molecular complexity index is 2440. The Labute approximate surface area is 429 Å². The second kappa shape index (κ2) is 24.2. The topological polar surface area (TPSA) is 229 Å². The van der Waals surface area contributed by atoms with Crippen LogP contribution >= 0.6 is 0 Å². The lowest BCUT2D eigenvalue weighted by Gasteiger charge is -2.33. The fourth-order valence-corrected chi connectivity index (χ4v) is 10.8. The molecule has 0 spiro atoms. The zero-order chi connectivity index (χ0) is 53.1. The monoisotopic (exact) mass is 1030 g/mol. The van der Waals surface area contributed by atoms with Gasteiger partial charge < -0.3 is 29.9 Å². The number of rotatable bonds is 18. The van der Waals surface area contributed by atoms with Gasteiger partial charge in [-0.3, -0.25) is 0 Å². The van der Waals surface area contributed by atoms with Crippen molar-refractivity contribution in [2.75, 3.05) is 36.8 Å². The van der Waals surface area contributed by atoms with Crippen LogP contribution in [0.1, 0.15) is 119 Å². The number of pyridine rings is 2. The first-order chi connectivity index (χ1) is 33.5. The maximum Gasteiger partial charge on any atom is 0.410 e. The molecule has 6 N–H and O–H groups in total. The molecule has 18 heteroatoms. The minimum absolute atomic E-state index is 0.154. The SMILES string of the molecule is CC(C)(C)OC(=O)N1CC(C(CCNc2cccc(S(N)(=O)=O)n2)CCc2ccccc2)CC1(C)C.CC(C)(C)OC(=O)N1CC(C(CCNc2cccc(S(N)(=O)=O)n2)CCc2ccccc2)CC1(C)C. The molecule has 2 fully saturated rings. The van der Waals surface area contributed by atoms with Gasteiger partial charge in [0.2, 0.25) is 0 Å². The third-order valence-corrected chi connectivity index (χ3v) is 15.0. The first-order valence-corrected chi connectivity index (χ1v) is 28.1. The van der Waals surface area contributed by atoms with Crippen molar-refractivity contribution in [1.82, 2.24) is 19.8 Å². The molecule has 0 saturated carbocycles. The number of aromatic nitrogens is 2. The predicted octanol–water partition coefficient (Wildman–Crippen LogP) is 9.63. The molecule has 4 aromatic rings. The molecule has 2 aromatic heterocycles. The number of nitrogens with one attached hydrogen (secondary N) is 2. The molecule has 0 aliphatic carbocycles. The van der Waals surface area contributed by atoms with E-state index in [1.165, 1.54) is 23.3 Å². The van der Waals surface area contributed by atoms with Gasteiger partial charge in [-0.1, -0.05) is 72.8 Å². The summed E-state index contributed by atoms with van der Waals surface area (Å²) in [5, 5.41) is 16.7. The number of anilines is 2. The molecule has 72 heavy (non-hydrogen) atoms. The molecular weight excluding hydrogens is 953 g/mol. The predicted molar refractivity (Wildman–Crippen MR) is 284 cm³/mol. The van der Waals surface area contributed by atoms with Gasteiger partial charge in [0.15, 0.2) is 10.1 Å². The Balaban J connectivity index is 0.000000267. The fourth-order valence-electron chi connectivity index (χ4n) is 9.84. The standard InChI is InChI=1S/2C27H40N4O4S/c2*1-26(2,3)35-25(32)31-19-22(18-27(31,4)5)21(15-14-20-10-7-6-8-11-20)16-17-29-23-12-9-13-24(30-23)36(28,33)34/h2*6-13,21-22H,14-19H2,1-5H3,(H,29,30)(H2,28,33,34). The molecule has 0 bridgehead atoms.